The van der Waals surface area contributed by atoms with Crippen molar-refractivity contribution in [3.8, 4) is 5.75 Å². The van der Waals surface area contributed by atoms with E-state index in [0.717, 1.165) is 10.5 Å². The third kappa shape index (κ3) is 3.29. The van der Waals surface area contributed by atoms with E-state index < -0.39 is 23.2 Å². The van der Waals surface area contributed by atoms with Crippen molar-refractivity contribution in [2.75, 3.05) is 11.5 Å². The highest BCUT2D eigenvalue weighted by molar-refractivity contribution is 9.10. The molecule has 1 atom stereocenters. The first-order chi connectivity index (χ1) is 15.5. The molecule has 4 aromatic rings. The van der Waals surface area contributed by atoms with Crippen LogP contribution in [0, 0.1) is 5.82 Å². The lowest BCUT2D eigenvalue weighted by atomic mass is 9.98. The summed E-state index contributed by atoms with van der Waals surface area (Å²) in [5.74, 6) is -0.404. The molecule has 0 bridgehead atoms. The summed E-state index contributed by atoms with van der Waals surface area (Å²) in [6, 6.07) is 17.5. The first-order valence-electron chi connectivity index (χ1n) is 10.1. The molecule has 0 spiro atoms. The van der Waals surface area contributed by atoms with Gasteiger partial charge < -0.3 is 9.15 Å². The van der Waals surface area contributed by atoms with Crippen LogP contribution in [0.3, 0.4) is 0 Å². The number of amides is 1. The van der Waals surface area contributed by atoms with Crippen LogP contribution >= 0.6 is 15.9 Å². The molecule has 2 heterocycles. The zero-order valence-corrected chi connectivity index (χ0v) is 18.6. The van der Waals surface area contributed by atoms with Gasteiger partial charge in [0, 0.05) is 10.2 Å². The number of rotatable bonds is 4. The molecule has 1 amide bonds. The van der Waals surface area contributed by atoms with Crippen molar-refractivity contribution in [1.29, 1.82) is 0 Å². The molecule has 3 aromatic carbocycles. The standard InChI is InChI=1S/C25H17BrFNO4/c1-2-31-18-8-3-5-14(11-18)22-21-23(29)19-13-16(27)9-10-20(19)32-24(21)25(30)28(22)17-7-4-6-15(26)12-17/h3-13,22H,2H2,1H3. The summed E-state index contributed by atoms with van der Waals surface area (Å²) in [5, 5.41) is 0.0959. The molecule has 32 heavy (non-hydrogen) atoms. The Bertz CT molecular complexity index is 1430. The van der Waals surface area contributed by atoms with Crippen molar-refractivity contribution >= 4 is 38.5 Å². The van der Waals surface area contributed by atoms with E-state index in [9.17, 15) is 14.0 Å². The van der Waals surface area contributed by atoms with E-state index in [1.54, 1.807) is 18.2 Å². The number of ether oxygens (including phenoxy) is 1. The maximum absolute atomic E-state index is 13.9. The monoisotopic (exact) mass is 493 g/mol. The van der Waals surface area contributed by atoms with Gasteiger partial charge in [-0.3, -0.25) is 14.5 Å². The topological polar surface area (TPSA) is 59.8 Å². The highest BCUT2D eigenvalue weighted by atomic mass is 79.9. The molecule has 0 aliphatic carbocycles. The van der Waals surface area contributed by atoms with Crippen molar-refractivity contribution in [3.05, 3.63) is 104 Å². The minimum absolute atomic E-state index is 0.0408. The molecule has 160 valence electrons. The number of fused-ring (bicyclic) bond motifs is 2. The Balaban J connectivity index is 1.80. The highest BCUT2D eigenvalue weighted by Gasteiger charge is 2.43. The van der Waals surface area contributed by atoms with Gasteiger partial charge in [0.1, 0.15) is 17.1 Å². The Morgan fingerprint density at radius 3 is 2.66 bits per heavy atom. The number of benzene rings is 3. The molecule has 1 aromatic heterocycles. The van der Waals surface area contributed by atoms with Gasteiger partial charge in [0.25, 0.3) is 5.91 Å². The normalized spacial score (nSPS) is 15.3. The molecule has 1 aliphatic heterocycles. The second-order valence-corrected chi connectivity index (χ2v) is 8.29. The van der Waals surface area contributed by atoms with E-state index in [1.807, 2.05) is 37.3 Å². The van der Waals surface area contributed by atoms with E-state index in [-0.39, 0.29) is 22.3 Å². The smallest absolute Gasteiger partial charge is 0.295 e. The average molecular weight is 494 g/mol. The van der Waals surface area contributed by atoms with E-state index in [0.29, 0.717) is 23.6 Å². The van der Waals surface area contributed by atoms with E-state index in [4.69, 9.17) is 9.15 Å². The Labute approximate surface area is 191 Å². The number of carbonyl (C=O) groups excluding carboxylic acids is 1. The lowest BCUT2D eigenvalue weighted by Gasteiger charge is -2.25. The van der Waals surface area contributed by atoms with Crippen LogP contribution in [-0.4, -0.2) is 12.5 Å². The summed E-state index contributed by atoms with van der Waals surface area (Å²) < 4.78 is 26.2. The number of nitrogens with zero attached hydrogens (tertiary/aromatic N) is 1. The molecule has 1 unspecified atom stereocenters. The Hall–Kier alpha value is -3.45. The molecule has 0 radical (unpaired) electrons. The molecule has 0 saturated carbocycles. The van der Waals surface area contributed by atoms with Crippen LogP contribution in [0.1, 0.15) is 34.6 Å². The maximum atomic E-state index is 13.9. The van der Waals surface area contributed by atoms with Crippen molar-refractivity contribution in [2.45, 2.75) is 13.0 Å². The Morgan fingerprint density at radius 2 is 1.88 bits per heavy atom. The van der Waals surface area contributed by atoms with Gasteiger partial charge >= 0.3 is 0 Å². The van der Waals surface area contributed by atoms with Gasteiger partial charge in [0.05, 0.1) is 23.6 Å². The third-order valence-corrected chi connectivity index (χ3v) is 5.90. The predicted molar refractivity (Wildman–Crippen MR) is 123 cm³/mol. The number of carbonyl (C=O) groups is 1. The van der Waals surface area contributed by atoms with Crippen molar-refractivity contribution < 1.29 is 18.3 Å². The molecule has 0 saturated heterocycles. The van der Waals surface area contributed by atoms with E-state index >= 15 is 0 Å². The summed E-state index contributed by atoms with van der Waals surface area (Å²) >= 11 is 3.45. The SMILES string of the molecule is CCOc1cccc(C2c3c(oc4ccc(F)cc4c3=O)C(=O)N2c2cccc(Br)c2)c1. The van der Waals surface area contributed by atoms with Gasteiger partial charge in [-0.05, 0) is 61.0 Å². The van der Waals surface area contributed by atoms with Crippen molar-refractivity contribution in [2.24, 2.45) is 0 Å². The van der Waals surface area contributed by atoms with Crippen LogP contribution in [0.4, 0.5) is 10.1 Å². The molecule has 1 aliphatic rings. The molecule has 0 fully saturated rings. The van der Waals surface area contributed by atoms with Crippen molar-refractivity contribution in [3.63, 3.8) is 0 Å². The van der Waals surface area contributed by atoms with Gasteiger partial charge in [-0.25, -0.2) is 4.39 Å². The number of hydrogen-bond acceptors (Lipinski definition) is 4. The molecular formula is C25H17BrFNO4. The molecule has 5 rings (SSSR count). The zero-order chi connectivity index (χ0) is 22.4. The quantitative estimate of drug-likeness (QED) is 0.358. The summed E-state index contributed by atoms with van der Waals surface area (Å²) in [4.78, 5) is 28.6. The van der Waals surface area contributed by atoms with E-state index in [1.165, 1.54) is 17.0 Å². The number of halogens is 2. The molecule has 7 heteroatoms. The minimum atomic E-state index is -0.754. The van der Waals surface area contributed by atoms with Crippen LogP contribution in [0.25, 0.3) is 11.0 Å². The summed E-state index contributed by atoms with van der Waals surface area (Å²) in [7, 11) is 0. The second kappa shape index (κ2) is 7.91. The second-order valence-electron chi connectivity index (χ2n) is 7.38. The minimum Gasteiger partial charge on any atom is -0.494 e. The summed E-state index contributed by atoms with van der Waals surface area (Å²) in [6.07, 6.45) is 0. The van der Waals surface area contributed by atoms with Crippen LogP contribution in [-0.2, 0) is 0 Å². The van der Waals surface area contributed by atoms with Gasteiger partial charge in [-0.1, -0.05) is 34.1 Å². The van der Waals surface area contributed by atoms with Gasteiger partial charge in [-0.2, -0.15) is 0 Å². The maximum Gasteiger partial charge on any atom is 0.295 e. The van der Waals surface area contributed by atoms with Gasteiger partial charge in [0.2, 0.25) is 5.76 Å². The fourth-order valence-corrected chi connectivity index (χ4v) is 4.48. The molecule has 5 nitrogen and oxygen atoms in total. The van der Waals surface area contributed by atoms with Crippen LogP contribution in [0.5, 0.6) is 5.75 Å². The average Bonchev–Trinajstić information content (AvgIpc) is 3.07. The fourth-order valence-electron chi connectivity index (χ4n) is 4.09. The summed E-state index contributed by atoms with van der Waals surface area (Å²) in [6.45, 7) is 2.36. The molecular weight excluding hydrogens is 477 g/mol. The zero-order valence-electron chi connectivity index (χ0n) is 17.0. The summed E-state index contributed by atoms with van der Waals surface area (Å²) in [5.41, 5.74) is 1.20. The largest absolute Gasteiger partial charge is 0.494 e. The Kier molecular flexibility index (Phi) is 5.06. The fraction of sp³-hybridized carbons (Fsp3) is 0.120. The lowest BCUT2D eigenvalue weighted by molar-refractivity contribution is 0.0971. The first-order valence-corrected chi connectivity index (χ1v) is 10.9. The van der Waals surface area contributed by atoms with Gasteiger partial charge in [-0.15, -0.1) is 0 Å². The van der Waals surface area contributed by atoms with Crippen molar-refractivity contribution in [1.82, 2.24) is 0 Å². The predicted octanol–water partition coefficient (Wildman–Crippen LogP) is 5.84. The van der Waals surface area contributed by atoms with Crippen LogP contribution < -0.4 is 15.1 Å². The van der Waals surface area contributed by atoms with Gasteiger partial charge in [0.15, 0.2) is 5.43 Å². The third-order valence-electron chi connectivity index (χ3n) is 5.40. The number of hydrogen-bond donors (Lipinski definition) is 0. The molecule has 0 N–H and O–H groups in total. The number of anilines is 1. The lowest BCUT2D eigenvalue weighted by Crippen LogP contribution is -2.29. The van der Waals surface area contributed by atoms with E-state index in [2.05, 4.69) is 15.9 Å². The van der Waals surface area contributed by atoms with Crippen LogP contribution in [0.2, 0.25) is 0 Å². The first kappa shape index (κ1) is 20.5. The Morgan fingerprint density at radius 1 is 1.06 bits per heavy atom. The van der Waals surface area contributed by atoms with Crippen LogP contribution in [0.15, 0.2) is 80.4 Å². The highest BCUT2D eigenvalue weighted by Crippen LogP contribution is 2.42.